The molecule has 2 amide bonds. The van der Waals surface area contributed by atoms with Gasteiger partial charge in [-0.3, -0.25) is 14.9 Å². The van der Waals surface area contributed by atoms with Crippen LogP contribution in [0.1, 0.15) is 17.0 Å². The summed E-state index contributed by atoms with van der Waals surface area (Å²) in [6, 6.07) is 10.3. The zero-order valence-corrected chi connectivity index (χ0v) is 15.0. The van der Waals surface area contributed by atoms with Gasteiger partial charge in [-0.25, -0.2) is 0 Å². The summed E-state index contributed by atoms with van der Waals surface area (Å²) in [5, 5.41) is 1.96. The molecule has 22 heavy (non-hydrogen) atoms. The SMILES string of the molecule is Cc1cc(C=C2SC(=O)NC2=O)c(C)n1-c1ccc(I)cc1. The highest BCUT2D eigenvalue weighted by atomic mass is 127. The van der Waals surface area contributed by atoms with Gasteiger partial charge < -0.3 is 4.57 Å². The number of carbonyl (C=O) groups is 2. The summed E-state index contributed by atoms with van der Waals surface area (Å²) in [6.45, 7) is 4.04. The summed E-state index contributed by atoms with van der Waals surface area (Å²) in [4.78, 5) is 23.4. The van der Waals surface area contributed by atoms with Gasteiger partial charge in [-0.05, 0) is 90.2 Å². The third-order valence-electron chi connectivity index (χ3n) is 3.48. The van der Waals surface area contributed by atoms with Gasteiger partial charge in [0.2, 0.25) is 0 Å². The van der Waals surface area contributed by atoms with E-state index in [4.69, 9.17) is 0 Å². The first-order valence-corrected chi connectivity index (χ1v) is 8.55. The molecule has 0 atom stereocenters. The molecule has 0 saturated carbocycles. The van der Waals surface area contributed by atoms with Crippen LogP contribution >= 0.6 is 34.4 Å². The Kier molecular flexibility index (Phi) is 4.14. The number of aryl methyl sites for hydroxylation is 1. The number of hydrogen-bond donors (Lipinski definition) is 1. The van der Waals surface area contributed by atoms with Gasteiger partial charge in [0.1, 0.15) is 0 Å². The molecule has 0 bridgehead atoms. The Hall–Kier alpha value is -1.54. The van der Waals surface area contributed by atoms with E-state index in [1.807, 2.05) is 19.9 Å². The average molecular weight is 424 g/mol. The quantitative estimate of drug-likeness (QED) is 0.586. The van der Waals surface area contributed by atoms with Crippen molar-refractivity contribution in [3.63, 3.8) is 0 Å². The fourth-order valence-electron chi connectivity index (χ4n) is 2.48. The molecule has 6 heteroatoms. The molecule has 3 rings (SSSR count). The van der Waals surface area contributed by atoms with Crippen molar-refractivity contribution < 1.29 is 9.59 Å². The summed E-state index contributed by atoms with van der Waals surface area (Å²) in [5.41, 5.74) is 4.15. The van der Waals surface area contributed by atoms with Gasteiger partial charge in [0.05, 0.1) is 4.91 Å². The molecule has 1 aliphatic rings. The van der Waals surface area contributed by atoms with Crippen LogP contribution in [-0.4, -0.2) is 15.7 Å². The fourth-order valence-corrected chi connectivity index (χ4v) is 3.52. The van der Waals surface area contributed by atoms with Crippen LogP contribution in [0, 0.1) is 17.4 Å². The van der Waals surface area contributed by atoms with Gasteiger partial charge >= 0.3 is 0 Å². The summed E-state index contributed by atoms with van der Waals surface area (Å²) < 4.78 is 3.32. The number of thioether (sulfide) groups is 1. The minimum Gasteiger partial charge on any atom is -0.318 e. The molecule has 112 valence electrons. The average Bonchev–Trinajstić information content (AvgIpc) is 2.92. The molecule has 1 aromatic heterocycles. The highest BCUT2D eigenvalue weighted by Gasteiger charge is 2.25. The largest absolute Gasteiger partial charge is 0.318 e. The molecular weight excluding hydrogens is 411 g/mol. The van der Waals surface area contributed by atoms with Crippen molar-refractivity contribution in [2.24, 2.45) is 0 Å². The van der Waals surface area contributed by atoms with E-state index in [0.29, 0.717) is 4.91 Å². The topological polar surface area (TPSA) is 51.1 Å². The molecular formula is C16H13IN2O2S. The van der Waals surface area contributed by atoms with Crippen molar-refractivity contribution in [3.05, 3.63) is 55.8 Å². The number of hydrogen-bond acceptors (Lipinski definition) is 3. The number of rotatable bonds is 2. The minimum absolute atomic E-state index is 0.317. The number of amides is 2. The molecule has 2 aromatic rings. The van der Waals surface area contributed by atoms with Crippen molar-refractivity contribution in [3.8, 4) is 5.69 Å². The number of nitrogens with one attached hydrogen (secondary N) is 1. The molecule has 1 aliphatic heterocycles. The Labute approximate surface area is 146 Å². The third kappa shape index (κ3) is 2.85. The van der Waals surface area contributed by atoms with E-state index in [2.05, 4.69) is 56.7 Å². The number of carbonyl (C=O) groups excluding carboxylic acids is 2. The number of benzene rings is 1. The summed E-state index contributed by atoms with van der Waals surface area (Å²) in [6.07, 6.45) is 1.77. The summed E-state index contributed by atoms with van der Waals surface area (Å²) in [5.74, 6) is -0.325. The van der Waals surface area contributed by atoms with Gasteiger partial charge in [0, 0.05) is 20.6 Å². The van der Waals surface area contributed by atoms with Gasteiger partial charge in [-0.1, -0.05) is 0 Å². The van der Waals surface area contributed by atoms with E-state index in [-0.39, 0.29) is 11.1 Å². The van der Waals surface area contributed by atoms with Crippen molar-refractivity contribution >= 4 is 51.6 Å². The van der Waals surface area contributed by atoms with Crippen LogP contribution in [0.3, 0.4) is 0 Å². The first-order chi connectivity index (χ1) is 10.5. The molecule has 4 nitrogen and oxygen atoms in total. The first kappa shape index (κ1) is 15.4. The zero-order chi connectivity index (χ0) is 15.9. The summed E-state index contributed by atoms with van der Waals surface area (Å²) >= 11 is 3.22. The second-order valence-electron chi connectivity index (χ2n) is 4.99. The van der Waals surface area contributed by atoms with E-state index >= 15 is 0 Å². The Morgan fingerprint density at radius 1 is 1.18 bits per heavy atom. The van der Waals surface area contributed by atoms with Crippen LogP contribution in [-0.2, 0) is 4.79 Å². The van der Waals surface area contributed by atoms with Gasteiger partial charge in [0.25, 0.3) is 11.1 Å². The Morgan fingerprint density at radius 3 is 2.45 bits per heavy atom. The normalized spacial score (nSPS) is 16.4. The highest BCUT2D eigenvalue weighted by Crippen LogP contribution is 2.29. The highest BCUT2D eigenvalue weighted by molar-refractivity contribution is 14.1. The van der Waals surface area contributed by atoms with E-state index in [9.17, 15) is 9.59 Å². The molecule has 1 aromatic carbocycles. The lowest BCUT2D eigenvalue weighted by Crippen LogP contribution is -2.17. The predicted molar refractivity (Wildman–Crippen MR) is 97.1 cm³/mol. The van der Waals surface area contributed by atoms with E-state index in [1.165, 1.54) is 3.57 Å². The molecule has 1 N–H and O–H groups in total. The maximum atomic E-state index is 11.7. The fraction of sp³-hybridized carbons (Fsp3) is 0.125. The third-order valence-corrected chi connectivity index (χ3v) is 5.01. The number of nitrogens with zero attached hydrogens (tertiary/aromatic N) is 1. The van der Waals surface area contributed by atoms with Crippen molar-refractivity contribution in [2.75, 3.05) is 0 Å². The smallest absolute Gasteiger partial charge is 0.290 e. The first-order valence-electron chi connectivity index (χ1n) is 6.65. The maximum Gasteiger partial charge on any atom is 0.290 e. The molecule has 0 unspecified atom stereocenters. The monoisotopic (exact) mass is 424 g/mol. The second-order valence-corrected chi connectivity index (χ2v) is 7.25. The predicted octanol–water partition coefficient (Wildman–Crippen LogP) is 4.02. The lowest BCUT2D eigenvalue weighted by molar-refractivity contribution is -0.115. The van der Waals surface area contributed by atoms with Gasteiger partial charge in [0.15, 0.2) is 0 Å². The van der Waals surface area contributed by atoms with Crippen LogP contribution < -0.4 is 5.32 Å². The van der Waals surface area contributed by atoms with Gasteiger partial charge in [-0.2, -0.15) is 0 Å². The van der Waals surface area contributed by atoms with Crippen LogP contribution in [0.2, 0.25) is 0 Å². The van der Waals surface area contributed by atoms with Crippen LogP contribution in [0.5, 0.6) is 0 Å². The standard InChI is InChI=1S/C16H13IN2O2S/c1-9-7-11(8-14-15(20)18-16(21)22-14)10(2)19(9)13-5-3-12(17)4-6-13/h3-8H,1-2H3,(H,18,20,21). The van der Waals surface area contributed by atoms with E-state index in [0.717, 1.165) is 34.4 Å². The molecule has 0 aliphatic carbocycles. The second kappa shape index (κ2) is 5.92. The molecule has 1 saturated heterocycles. The van der Waals surface area contributed by atoms with Crippen LogP contribution in [0.25, 0.3) is 11.8 Å². The van der Waals surface area contributed by atoms with Crippen molar-refractivity contribution in [1.29, 1.82) is 0 Å². The minimum atomic E-state index is -0.325. The Morgan fingerprint density at radius 2 is 1.86 bits per heavy atom. The molecule has 2 heterocycles. The number of imide groups is 1. The van der Waals surface area contributed by atoms with Crippen molar-refractivity contribution in [1.82, 2.24) is 9.88 Å². The number of aromatic nitrogens is 1. The molecule has 0 spiro atoms. The zero-order valence-electron chi connectivity index (χ0n) is 12.0. The Balaban J connectivity index is 2.04. The van der Waals surface area contributed by atoms with Crippen LogP contribution in [0.15, 0.2) is 35.2 Å². The van der Waals surface area contributed by atoms with Crippen molar-refractivity contribution in [2.45, 2.75) is 13.8 Å². The summed E-state index contributed by atoms with van der Waals surface area (Å²) in [7, 11) is 0. The molecule has 1 fully saturated rings. The molecule has 0 radical (unpaired) electrons. The lowest BCUT2D eigenvalue weighted by atomic mass is 10.2. The number of halogens is 1. The lowest BCUT2D eigenvalue weighted by Gasteiger charge is -2.09. The maximum absolute atomic E-state index is 11.7. The van der Waals surface area contributed by atoms with E-state index < -0.39 is 0 Å². The van der Waals surface area contributed by atoms with Gasteiger partial charge in [-0.15, -0.1) is 0 Å². The Bertz CT molecular complexity index is 806. The van der Waals surface area contributed by atoms with E-state index in [1.54, 1.807) is 6.08 Å². The van der Waals surface area contributed by atoms with Crippen LogP contribution in [0.4, 0.5) is 4.79 Å².